The second-order valence-corrected chi connectivity index (χ2v) is 7.33. The Morgan fingerprint density at radius 2 is 1.79 bits per heavy atom. The molecule has 0 radical (unpaired) electrons. The molecule has 1 saturated carbocycles. The molecule has 2 heterocycles. The van der Waals surface area contributed by atoms with Crippen LogP contribution in [0.25, 0.3) is 0 Å². The molecule has 2 aliphatic rings. The van der Waals surface area contributed by atoms with Crippen LogP contribution >= 0.6 is 0 Å². The first kappa shape index (κ1) is 11.2. The number of aromatic nitrogens is 1. The van der Waals surface area contributed by atoms with Gasteiger partial charge in [0.05, 0.1) is 15.8 Å². The van der Waals surface area contributed by atoms with Gasteiger partial charge in [-0.15, -0.1) is 0 Å². The van der Waals surface area contributed by atoms with E-state index in [1.54, 1.807) is 13.1 Å². The molecule has 96 valence electrons. The fourth-order valence-electron chi connectivity index (χ4n) is 3.45. The predicted octanol–water partition coefficient (Wildman–Crippen LogP) is 2.43. The number of benzene rings is 1. The van der Waals surface area contributed by atoms with Crippen molar-refractivity contribution in [2.24, 2.45) is 0 Å². The summed E-state index contributed by atoms with van der Waals surface area (Å²) < 4.78 is 25.2. The predicted molar refractivity (Wildman–Crippen MR) is 71.9 cm³/mol. The van der Waals surface area contributed by atoms with Crippen molar-refractivity contribution in [3.05, 3.63) is 59.4 Å². The molecule has 1 aromatic carbocycles. The summed E-state index contributed by atoms with van der Waals surface area (Å²) >= 11 is 0. The van der Waals surface area contributed by atoms with Crippen LogP contribution in [0.5, 0.6) is 0 Å². The van der Waals surface area contributed by atoms with E-state index < -0.39 is 9.84 Å². The second kappa shape index (κ2) is 3.45. The van der Waals surface area contributed by atoms with Crippen LogP contribution in [-0.2, 0) is 9.84 Å². The van der Waals surface area contributed by atoms with Crippen molar-refractivity contribution in [2.45, 2.75) is 28.9 Å². The maximum atomic E-state index is 12.6. The maximum Gasteiger partial charge on any atom is 0.184 e. The average Bonchev–Trinajstić information content (AvgIpc) is 3.10. The topological polar surface area (TPSA) is 47.0 Å². The summed E-state index contributed by atoms with van der Waals surface area (Å²) in [6.07, 6.45) is 1.71. The number of pyridine rings is 1. The summed E-state index contributed by atoms with van der Waals surface area (Å²) in [4.78, 5) is 4.60. The summed E-state index contributed by atoms with van der Waals surface area (Å²) in [5, 5.41) is -0.271. The molecule has 1 aliphatic heterocycles. The Kier molecular flexibility index (Phi) is 2.03. The smallest absolute Gasteiger partial charge is 0.184 e. The van der Waals surface area contributed by atoms with Gasteiger partial charge in [-0.1, -0.05) is 30.3 Å². The first-order valence-electron chi connectivity index (χ1n) is 6.37. The third-order valence-corrected chi connectivity index (χ3v) is 6.66. The summed E-state index contributed by atoms with van der Waals surface area (Å²) in [6, 6.07) is 11.8. The van der Waals surface area contributed by atoms with Crippen LogP contribution in [0.1, 0.15) is 28.7 Å². The van der Waals surface area contributed by atoms with Gasteiger partial charge in [0.1, 0.15) is 0 Å². The van der Waals surface area contributed by atoms with Crippen molar-refractivity contribution in [2.75, 3.05) is 0 Å². The van der Waals surface area contributed by atoms with E-state index in [0.717, 1.165) is 11.1 Å². The third kappa shape index (κ3) is 1.32. The van der Waals surface area contributed by atoms with E-state index >= 15 is 0 Å². The van der Waals surface area contributed by atoms with Gasteiger partial charge in [-0.2, -0.15) is 0 Å². The third-order valence-electron chi connectivity index (χ3n) is 4.25. The molecular formula is C15H13NO2S. The first-order chi connectivity index (χ1) is 9.12. The van der Waals surface area contributed by atoms with E-state index in [1.165, 1.54) is 0 Å². The Labute approximate surface area is 112 Å². The lowest BCUT2D eigenvalue weighted by molar-refractivity contribution is 0.594. The van der Waals surface area contributed by atoms with Gasteiger partial charge in [0.25, 0.3) is 0 Å². The van der Waals surface area contributed by atoms with E-state index in [2.05, 4.69) is 4.98 Å². The summed E-state index contributed by atoms with van der Waals surface area (Å²) in [5.41, 5.74) is 2.73. The standard InChI is InChI=1S/C15H13NO2S/c1-9-14-11(7-8-16-9)13-12(15(13)19(14,17)18)10-5-3-2-4-6-10/h2-8,12-13,15H,1H3/t12-,13+,15-/m0/s1. The molecule has 19 heavy (non-hydrogen) atoms. The highest BCUT2D eigenvalue weighted by Crippen LogP contribution is 2.65. The SMILES string of the molecule is Cc1nccc2c1S(=O)(=O)[C@@H]1[C@H]2[C@@H]1c1ccccc1. The average molecular weight is 271 g/mol. The lowest BCUT2D eigenvalue weighted by Crippen LogP contribution is -2.10. The van der Waals surface area contributed by atoms with E-state index in [1.807, 2.05) is 36.4 Å². The summed E-state index contributed by atoms with van der Waals surface area (Å²) in [7, 11) is -3.20. The van der Waals surface area contributed by atoms with Gasteiger partial charge >= 0.3 is 0 Å². The van der Waals surface area contributed by atoms with Crippen molar-refractivity contribution in [3.8, 4) is 0 Å². The van der Waals surface area contributed by atoms with Gasteiger partial charge in [-0.05, 0) is 24.1 Å². The van der Waals surface area contributed by atoms with Gasteiger partial charge in [0, 0.05) is 18.0 Å². The lowest BCUT2D eigenvalue weighted by Gasteiger charge is -2.09. The molecule has 4 heteroatoms. The van der Waals surface area contributed by atoms with E-state index in [-0.39, 0.29) is 17.1 Å². The van der Waals surface area contributed by atoms with Crippen molar-refractivity contribution in [1.29, 1.82) is 0 Å². The molecule has 3 nitrogen and oxygen atoms in total. The van der Waals surface area contributed by atoms with Crippen LogP contribution in [0.4, 0.5) is 0 Å². The second-order valence-electron chi connectivity index (χ2n) is 5.29. The highest BCUT2D eigenvalue weighted by atomic mass is 32.2. The fraction of sp³-hybridized carbons (Fsp3) is 0.267. The van der Waals surface area contributed by atoms with Crippen molar-refractivity contribution >= 4 is 9.84 Å². The quantitative estimate of drug-likeness (QED) is 0.800. The lowest BCUT2D eigenvalue weighted by atomic mass is 10.0. The molecule has 0 bridgehead atoms. The van der Waals surface area contributed by atoms with Gasteiger partial charge in [0.2, 0.25) is 0 Å². The van der Waals surface area contributed by atoms with Gasteiger partial charge in [0.15, 0.2) is 9.84 Å². The number of fused-ring (bicyclic) bond motifs is 3. The molecule has 1 aromatic heterocycles. The van der Waals surface area contributed by atoms with Crippen LogP contribution in [0.2, 0.25) is 0 Å². The molecular weight excluding hydrogens is 258 g/mol. The first-order valence-corrected chi connectivity index (χ1v) is 7.91. The molecule has 4 rings (SSSR count). The van der Waals surface area contributed by atoms with Crippen LogP contribution in [0.15, 0.2) is 47.5 Å². The highest BCUT2D eigenvalue weighted by Gasteiger charge is 2.65. The van der Waals surface area contributed by atoms with Gasteiger partial charge in [-0.25, -0.2) is 8.42 Å². The Morgan fingerprint density at radius 3 is 2.53 bits per heavy atom. The van der Waals surface area contributed by atoms with Crippen LogP contribution in [0.3, 0.4) is 0 Å². The molecule has 0 N–H and O–H groups in total. The number of hydrogen-bond acceptors (Lipinski definition) is 3. The van der Waals surface area contributed by atoms with E-state index in [9.17, 15) is 8.42 Å². The van der Waals surface area contributed by atoms with Crippen molar-refractivity contribution in [1.82, 2.24) is 4.98 Å². The number of sulfone groups is 1. The summed E-state index contributed by atoms with van der Waals surface area (Å²) in [5.74, 6) is 0.254. The molecule has 2 aromatic rings. The number of rotatable bonds is 1. The minimum atomic E-state index is -3.20. The van der Waals surface area contributed by atoms with Crippen LogP contribution in [0, 0.1) is 6.92 Å². The van der Waals surface area contributed by atoms with E-state index in [4.69, 9.17) is 0 Å². The Morgan fingerprint density at radius 1 is 1.05 bits per heavy atom. The van der Waals surface area contributed by atoms with Crippen molar-refractivity contribution < 1.29 is 8.42 Å². The molecule has 0 unspecified atom stereocenters. The zero-order chi connectivity index (χ0) is 13.2. The molecule has 3 atom stereocenters. The molecule has 1 aliphatic carbocycles. The minimum Gasteiger partial charge on any atom is -0.260 e. The minimum absolute atomic E-state index is 0.125. The Balaban J connectivity index is 1.88. The molecule has 0 saturated heterocycles. The zero-order valence-electron chi connectivity index (χ0n) is 10.4. The molecule has 0 amide bonds. The summed E-state index contributed by atoms with van der Waals surface area (Å²) in [6.45, 7) is 1.78. The Hall–Kier alpha value is -1.68. The van der Waals surface area contributed by atoms with Crippen molar-refractivity contribution in [3.63, 3.8) is 0 Å². The van der Waals surface area contributed by atoms with Gasteiger partial charge < -0.3 is 0 Å². The fourth-order valence-corrected chi connectivity index (χ4v) is 6.05. The number of hydrogen-bond donors (Lipinski definition) is 0. The van der Waals surface area contributed by atoms with Crippen LogP contribution < -0.4 is 0 Å². The Bertz CT molecular complexity index is 768. The normalized spacial score (nSPS) is 29.6. The monoisotopic (exact) mass is 271 g/mol. The number of aryl methyl sites for hydroxylation is 1. The largest absolute Gasteiger partial charge is 0.260 e. The molecule has 1 fully saturated rings. The van der Waals surface area contributed by atoms with Gasteiger partial charge in [-0.3, -0.25) is 4.98 Å². The highest BCUT2D eigenvalue weighted by molar-refractivity contribution is 7.93. The van der Waals surface area contributed by atoms with Crippen LogP contribution in [-0.4, -0.2) is 18.7 Å². The molecule has 0 spiro atoms. The maximum absolute atomic E-state index is 12.6. The van der Waals surface area contributed by atoms with E-state index in [0.29, 0.717) is 10.6 Å². The zero-order valence-corrected chi connectivity index (χ0v) is 11.3. The number of nitrogens with zero attached hydrogens (tertiary/aromatic N) is 1.